The summed E-state index contributed by atoms with van der Waals surface area (Å²) in [5.41, 5.74) is 5.94. The van der Waals surface area contributed by atoms with Crippen molar-refractivity contribution < 1.29 is 4.52 Å². The van der Waals surface area contributed by atoms with Gasteiger partial charge in [0.15, 0.2) is 5.82 Å². The summed E-state index contributed by atoms with van der Waals surface area (Å²) in [6, 6.07) is 0. The van der Waals surface area contributed by atoms with Crippen LogP contribution in [0.4, 0.5) is 0 Å². The molecule has 0 aromatic carbocycles. The molecule has 0 radical (unpaired) electrons. The summed E-state index contributed by atoms with van der Waals surface area (Å²) in [5, 5.41) is 4.10. The Kier molecular flexibility index (Phi) is 4.58. The highest BCUT2D eigenvalue weighted by atomic mass is 16.5. The van der Waals surface area contributed by atoms with Crippen molar-refractivity contribution >= 4 is 0 Å². The molecular weight excluding hydrogens is 240 g/mol. The second-order valence-electron chi connectivity index (χ2n) is 6.40. The molecule has 1 fully saturated rings. The van der Waals surface area contributed by atoms with Gasteiger partial charge in [-0.05, 0) is 37.8 Å². The highest BCUT2D eigenvalue weighted by Crippen LogP contribution is 2.38. The van der Waals surface area contributed by atoms with Gasteiger partial charge in [-0.3, -0.25) is 4.90 Å². The first-order valence-electron chi connectivity index (χ1n) is 7.29. The fraction of sp³-hybridized carbons (Fsp3) is 0.857. The van der Waals surface area contributed by atoms with Crippen molar-refractivity contribution in [3.8, 4) is 0 Å². The molecule has 1 saturated carbocycles. The maximum atomic E-state index is 5.82. The lowest BCUT2D eigenvalue weighted by Crippen LogP contribution is -2.39. The van der Waals surface area contributed by atoms with Crippen LogP contribution in [0.25, 0.3) is 0 Å². The van der Waals surface area contributed by atoms with E-state index in [4.69, 9.17) is 10.3 Å². The second kappa shape index (κ2) is 6.01. The molecule has 0 amide bonds. The smallest absolute Gasteiger partial charge is 0.229 e. The molecule has 0 saturated heterocycles. The van der Waals surface area contributed by atoms with Gasteiger partial charge in [-0.1, -0.05) is 25.9 Å². The summed E-state index contributed by atoms with van der Waals surface area (Å²) in [6.07, 6.45) is 3.51. The Morgan fingerprint density at radius 2 is 2.16 bits per heavy atom. The van der Waals surface area contributed by atoms with Crippen molar-refractivity contribution in [1.82, 2.24) is 15.0 Å². The van der Waals surface area contributed by atoms with E-state index in [0.29, 0.717) is 12.5 Å². The van der Waals surface area contributed by atoms with E-state index >= 15 is 0 Å². The lowest BCUT2D eigenvalue weighted by molar-refractivity contribution is 0.171. The van der Waals surface area contributed by atoms with E-state index in [1.54, 1.807) is 0 Å². The van der Waals surface area contributed by atoms with Gasteiger partial charge < -0.3 is 10.3 Å². The summed E-state index contributed by atoms with van der Waals surface area (Å²) in [4.78, 5) is 6.87. The van der Waals surface area contributed by atoms with Gasteiger partial charge in [-0.2, -0.15) is 4.98 Å². The Bertz CT molecular complexity index is 398. The monoisotopic (exact) mass is 266 g/mol. The van der Waals surface area contributed by atoms with E-state index in [2.05, 4.69) is 35.8 Å². The number of nitrogens with two attached hydrogens (primary N) is 1. The second-order valence-corrected chi connectivity index (χ2v) is 6.40. The van der Waals surface area contributed by atoms with Gasteiger partial charge in [-0.15, -0.1) is 0 Å². The Morgan fingerprint density at radius 3 is 2.74 bits per heavy atom. The van der Waals surface area contributed by atoms with Crippen molar-refractivity contribution in [2.45, 2.75) is 52.5 Å². The molecular formula is C14H26N4O. The first-order valence-corrected chi connectivity index (χ1v) is 7.29. The van der Waals surface area contributed by atoms with Crippen molar-refractivity contribution in [2.75, 3.05) is 19.6 Å². The van der Waals surface area contributed by atoms with Crippen LogP contribution in [-0.2, 0) is 6.54 Å². The van der Waals surface area contributed by atoms with Crippen molar-refractivity contribution in [2.24, 2.45) is 11.1 Å². The lowest BCUT2D eigenvalue weighted by atomic mass is 9.93. The van der Waals surface area contributed by atoms with Gasteiger partial charge in [0.2, 0.25) is 5.89 Å². The van der Waals surface area contributed by atoms with Crippen molar-refractivity contribution in [3.05, 3.63) is 11.7 Å². The third kappa shape index (κ3) is 4.28. The highest BCUT2D eigenvalue weighted by molar-refractivity contribution is 5.01. The zero-order valence-electron chi connectivity index (χ0n) is 12.4. The Hall–Kier alpha value is -0.940. The fourth-order valence-corrected chi connectivity index (χ4v) is 2.23. The molecule has 5 heteroatoms. The molecule has 2 rings (SSSR count). The van der Waals surface area contributed by atoms with Crippen molar-refractivity contribution in [1.29, 1.82) is 0 Å². The van der Waals surface area contributed by atoms with Crippen LogP contribution >= 0.6 is 0 Å². The number of hydrogen-bond acceptors (Lipinski definition) is 5. The molecule has 1 aliphatic rings. The largest absolute Gasteiger partial charge is 0.339 e. The Balaban J connectivity index is 1.94. The van der Waals surface area contributed by atoms with Crippen LogP contribution in [0.5, 0.6) is 0 Å². The molecule has 0 aliphatic heterocycles. The van der Waals surface area contributed by atoms with Gasteiger partial charge in [0.1, 0.15) is 0 Å². The van der Waals surface area contributed by atoms with Crippen LogP contribution < -0.4 is 5.73 Å². The average Bonchev–Trinajstić information content (AvgIpc) is 3.11. The highest BCUT2D eigenvalue weighted by Gasteiger charge is 2.30. The first kappa shape index (κ1) is 14.5. The van der Waals surface area contributed by atoms with Crippen LogP contribution in [0.1, 0.15) is 57.7 Å². The zero-order valence-corrected chi connectivity index (χ0v) is 12.4. The minimum atomic E-state index is 0.123. The Labute approximate surface area is 115 Å². The molecule has 0 bridgehead atoms. The molecule has 2 N–H and O–H groups in total. The standard InChI is InChI=1S/C14H26N4O/c1-4-7-18(10-14(2,3)9-15)8-12-16-13(19-17-12)11-5-6-11/h11H,4-10,15H2,1-3H3. The third-order valence-corrected chi connectivity index (χ3v) is 3.52. The van der Waals surface area contributed by atoms with Gasteiger partial charge in [-0.25, -0.2) is 0 Å². The Morgan fingerprint density at radius 1 is 1.42 bits per heavy atom. The quantitative estimate of drug-likeness (QED) is 0.780. The van der Waals surface area contributed by atoms with Crippen LogP contribution in [-0.4, -0.2) is 34.7 Å². The summed E-state index contributed by atoms with van der Waals surface area (Å²) >= 11 is 0. The maximum absolute atomic E-state index is 5.82. The van der Waals surface area contributed by atoms with Crippen LogP contribution in [0, 0.1) is 5.41 Å². The van der Waals surface area contributed by atoms with E-state index in [9.17, 15) is 0 Å². The lowest BCUT2D eigenvalue weighted by Gasteiger charge is -2.30. The van der Waals surface area contributed by atoms with Crippen LogP contribution in [0.3, 0.4) is 0 Å². The van der Waals surface area contributed by atoms with E-state index in [1.807, 2.05) is 0 Å². The maximum Gasteiger partial charge on any atom is 0.229 e. The van der Waals surface area contributed by atoms with Crippen LogP contribution in [0.15, 0.2) is 4.52 Å². The first-order chi connectivity index (χ1) is 9.04. The summed E-state index contributed by atoms with van der Waals surface area (Å²) in [6.45, 7) is 10.0. The average molecular weight is 266 g/mol. The van der Waals surface area contributed by atoms with Gasteiger partial charge >= 0.3 is 0 Å². The predicted molar refractivity (Wildman–Crippen MR) is 74.7 cm³/mol. The number of hydrogen-bond donors (Lipinski definition) is 1. The fourth-order valence-electron chi connectivity index (χ4n) is 2.23. The van der Waals surface area contributed by atoms with E-state index < -0.39 is 0 Å². The molecule has 0 atom stereocenters. The number of aromatic nitrogens is 2. The predicted octanol–water partition coefficient (Wildman–Crippen LogP) is 2.14. The SMILES string of the molecule is CCCN(Cc1noc(C2CC2)n1)CC(C)(C)CN. The molecule has 0 spiro atoms. The van der Waals surface area contributed by atoms with Gasteiger partial charge in [0, 0.05) is 12.5 Å². The minimum absolute atomic E-state index is 0.123. The molecule has 1 aliphatic carbocycles. The summed E-state index contributed by atoms with van der Waals surface area (Å²) < 4.78 is 5.31. The molecule has 0 unspecified atom stereocenters. The normalized spacial score (nSPS) is 16.3. The molecule has 108 valence electrons. The number of rotatable bonds is 8. The summed E-state index contributed by atoms with van der Waals surface area (Å²) in [5.74, 6) is 2.16. The third-order valence-electron chi connectivity index (χ3n) is 3.52. The van der Waals surface area contributed by atoms with Gasteiger partial charge in [0.25, 0.3) is 0 Å². The summed E-state index contributed by atoms with van der Waals surface area (Å²) in [7, 11) is 0. The molecule has 1 aromatic heterocycles. The molecule has 19 heavy (non-hydrogen) atoms. The van der Waals surface area contributed by atoms with Crippen molar-refractivity contribution in [3.63, 3.8) is 0 Å². The van der Waals surface area contributed by atoms with E-state index in [0.717, 1.165) is 37.8 Å². The number of nitrogens with zero attached hydrogens (tertiary/aromatic N) is 3. The molecule has 1 aromatic rings. The molecule has 5 nitrogen and oxygen atoms in total. The molecule has 1 heterocycles. The van der Waals surface area contributed by atoms with E-state index in [1.165, 1.54) is 12.8 Å². The zero-order chi connectivity index (χ0) is 13.9. The minimum Gasteiger partial charge on any atom is -0.339 e. The van der Waals surface area contributed by atoms with Gasteiger partial charge in [0.05, 0.1) is 6.54 Å². The topological polar surface area (TPSA) is 68.2 Å². The van der Waals surface area contributed by atoms with Crippen LogP contribution in [0.2, 0.25) is 0 Å². The van der Waals surface area contributed by atoms with E-state index in [-0.39, 0.29) is 5.41 Å².